The Hall–Kier alpha value is -0.850. The number of nitrogens with zero attached hydrogens (tertiary/aromatic N) is 3. The molecule has 0 saturated heterocycles. The van der Waals surface area contributed by atoms with Crippen molar-refractivity contribution in [1.29, 1.82) is 0 Å². The molecule has 1 atom stereocenters. The van der Waals surface area contributed by atoms with Gasteiger partial charge in [0, 0.05) is 19.0 Å². The van der Waals surface area contributed by atoms with Crippen molar-refractivity contribution in [2.24, 2.45) is 11.1 Å². The molecule has 124 valence electrons. The van der Waals surface area contributed by atoms with E-state index in [1.807, 2.05) is 25.3 Å². The molecule has 1 rings (SSSR count). The van der Waals surface area contributed by atoms with Gasteiger partial charge in [-0.1, -0.05) is 34.6 Å². The molecule has 1 amide bonds. The molecule has 0 aliphatic rings. The molecule has 0 unspecified atom stereocenters. The van der Waals surface area contributed by atoms with Crippen molar-refractivity contribution in [3.05, 3.63) is 12.2 Å². The van der Waals surface area contributed by atoms with Crippen LogP contribution in [0.4, 0.5) is 0 Å². The van der Waals surface area contributed by atoms with E-state index in [0.29, 0.717) is 19.0 Å². The van der Waals surface area contributed by atoms with Gasteiger partial charge in [-0.25, -0.2) is 0 Å². The Balaban J connectivity index is 0. The molecule has 8 heteroatoms. The summed E-state index contributed by atoms with van der Waals surface area (Å²) in [6.07, 6.45) is 1.69. The first-order valence-corrected chi connectivity index (χ1v) is 6.64. The molecule has 0 spiro atoms. The van der Waals surface area contributed by atoms with Gasteiger partial charge in [-0.05, 0) is 5.41 Å². The molecule has 0 fully saturated rings. The lowest BCUT2D eigenvalue weighted by Gasteiger charge is -2.25. The van der Waals surface area contributed by atoms with Crippen molar-refractivity contribution in [3.8, 4) is 0 Å². The number of hydrogen-bond acceptors (Lipinski definition) is 4. The number of hydrogen-bond donors (Lipinski definition) is 2. The highest BCUT2D eigenvalue weighted by Gasteiger charge is 2.27. The van der Waals surface area contributed by atoms with Gasteiger partial charge in [0.25, 0.3) is 0 Å². The predicted octanol–water partition coefficient (Wildman–Crippen LogP) is 1.73. The Kier molecular flexibility index (Phi) is 9.85. The second-order valence-corrected chi connectivity index (χ2v) is 6.17. The fourth-order valence-electron chi connectivity index (χ4n) is 1.69. The van der Waals surface area contributed by atoms with Crippen molar-refractivity contribution in [2.75, 3.05) is 6.54 Å². The smallest absolute Gasteiger partial charge is 0.237 e. The molecular weight excluding hydrogens is 313 g/mol. The lowest BCUT2D eigenvalue weighted by atomic mass is 9.87. The molecule has 0 radical (unpaired) electrons. The molecule has 0 aliphatic heterocycles. The van der Waals surface area contributed by atoms with Crippen LogP contribution in [-0.4, -0.2) is 33.3 Å². The number of amides is 1. The number of carbonyl (C=O) groups excluding carboxylic acids is 1. The van der Waals surface area contributed by atoms with Crippen molar-refractivity contribution >= 4 is 30.7 Å². The first-order valence-electron chi connectivity index (χ1n) is 6.64. The average molecular weight is 340 g/mol. The molecule has 1 aromatic heterocycles. The van der Waals surface area contributed by atoms with Gasteiger partial charge in [-0.3, -0.25) is 4.79 Å². The fraction of sp³-hybridized carbons (Fsp3) is 0.769. The minimum absolute atomic E-state index is 0. The van der Waals surface area contributed by atoms with Gasteiger partial charge in [-0.2, -0.15) is 0 Å². The van der Waals surface area contributed by atoms with Gasteiger partial charge in [-0.15, -0.1) is 35.0 Å². The summed E-state index contributed by atoms with van der Waals surface area (Å²) in [5.74, 6) is 1.12. The van der Waals surface area contributed by atoms with E-state index in [1.165, 1.54) is 0 Å². The predicted molar refractivity (Wildman–Crippen MR) is 89.0 cm³/mol. The first-order chi connectivity index (χ1) is 8.73. The summed E-state index contributed by atoms with van der Waals surface area (Å²) in [6, 6.07) is -0.502. The van der Waals surface area contributed by atoms with Gasteiger partial charge in [0.2, 0.25) is 5.91 Å². The number of halogens is 2. The van der Waals surface area contributed by atoms with Gasteiger partial charge >= 0.3 is 0 Å². The van der Waals surface area contributed by atoms with Crippen LogP contribution in [0.15, 0.2) is 6.33 Å². The van der Waals surface area contributed by atoms with E-state index in [1.54, 1.807) is 6.33 Å². The summed E-state index contributed by atoms with van der Waals surface area (Å²) in [6.45, 7) is 11.2. The van der Waals surface area contributed by atoms with Crippen LogP contribution < -0.4 is 11.1 Å². The molecule has 1 heterocycles. The van der Waals surface area contributed by atoms with E-state index in [9.17, 15) is 4.79 Å². The molecule has 0 bridgehead atoms. The summed E-state index contributed by atoms with van der Waals surface area (Å²) in [5.41, 5.74) is 5.66. The van der Waals surface area contributed by atoms with Gasteiger partial charge < -0.3 is 15.6 Å². The van der Waals surface area contributed by atoms with E-state index < -0.39 is 6.04 Å². The van der Waals surface area contributed by atoms with E-state index in [4.69, 9.17) is 5.73 Å². The minimum Gasteiger partial charge on any atom is -0.353 e. The number of carbonyl (C=O) groups is 1. The van der Waals surface area contributed by atoms with Crippen LogP contribution in [0, 0.1) is 5.41 Å². The zero-order valence-corrected chi connectivity index (χ0v) is 14.9. The van der Waals surface area contributed by atoms with Crippen LogP contribution in [0.1, 0.15) is 46.4 Å². The van der Waals surface area contributed by atoms with Crippen molar-refractivity contribution in [3.63, 3.8) is 0 Å². The number of rotatable bonds is 5. The summed E-state index contributed by atoms with van der Waals surface area (Å²) >= 11 is 0. The zero-order valence-electron chi connectivity index (χ0n) is 13.3. The fourth-order valence-corrected chi connectivity index (χ4v) is 1.69. The molecule has 3 N–H and O–H groups in total. The highest BCUT2D eigenvalue weighted by Crippen LogP contribution is 2.17. The Morgan fingerprint density at radius 2 is 1.95 bits per heavy atom. The van der Waals surface area contributed by atoms with E-state index in [-0.39, 0.29) is 36.1 Å². The van der Waals surface area contributed by atoms with Crippen LogP contribution in [-0.2, 0) is 11.3 Å². The molecule has 0 aliphatic carbocycles. The quantitative estimate of drug-likeness (QED) is 0.855. The summed E-state index contributed by atoms with van der Waals surface area (Å²) < 4.78 is 1.95. The average Bonchev–Trinajstić information content (AvgIpc) is 2.75. The standard InChI is InChI=1S/C13H25N5O.2ClH/c1-9(2)11-17-16-8-18(11)7-6-15-12(19)10(14)13(3,4)5;;/h8-10H,6-7,14H2,1-5H3,(H,15,19);2*1H/t10-;;/m1../s1. The van der Waals surface area contributed by atoms with Crippen LogP contribution in [0.25, 0.3) is 0 Å². The number of nitrogens with one attached hydrogen (secondary N) is 1. The monoisotopic (exact) mass is 339 g/mol. The van der Waals surface area contributed by atoms with E-state index in [0.717, 1.165) is 5.82 Å². The minimum atomic E-state index is -0.502. The van der Waals surface area contributed by atoms with E-state index in [2.05, 4.69) is 29.4 Å². The molecule has 0 aromatic carbocycles. The Bertz CT molecular complexity index is 428. The van der Waals surface area contributed by atoms with Gasteiger partial charge in [0.1, 0.15) is 12.2 Å². The lowest BCUT2D eigenvalue weighted by molar-refractivity contribution is -0.124. The normalized spacial score (nSPS) is 12.3. The maximum absolute atomic E-state index is 11.9. The molecule has 6 nitrogen and oxygen atoms in total. The second kappa shape index (κ2) is 9.23. The Morgan fingerprint density at radius 1 is 1.38 bits per heavy atom. The number of nitrogens with two attached hydrogens (primary N) is 1. The van der Waals surface area contributed by atoms with Gasteiger partial charge in [0.15, 0.2) is 0 Å². The van der Waals surface area contributed by atoms with Crippen molar-refractivity contribution in [1.82, 2.24) is 20.1 Å². The van der Waals surface area contributed by atoms with Crippen LogP contribution >= 0.6 is 24.8 Å². The zero-order chi connectivity index (χ0) is 14.6. The summed E-state index contributed by atoms with van der Waals surface area (Å²) in [7, 11) is 0. The lowest BCUT2D eigenvalue weighted by Crippen LogP contribution is -2.49. The van der Waals surface area contributed by atoms with Gasteiger partial charge in [0.05, 0.1) is 6.04 Å². The van der Waals surface area contributed by atoms with Crippen molar-refractivity contribution < 1.29 is 4.79 Å². The van der Waals surface area contributed by atoms with Crippen LogP contribution in [0.2, 0.25) is 0 Å². The maximum atomic E-state index is 11.9. The van der Waals surface area contributed by atoms with Crippen LogP contribution in [0.5, 0.6) is 0 Å². The summed E-state index contributed by atoms with van der Waals surface area (Å²) in [4.78, 5) is 11.9. The Morgan fingerprint density at radius 3 is 2.43 bits per heavy atom. The largest absolute Gasteiger partial charge is 0.353 e. The molecular formula is C13H27Cl2N5O. The van der Waals surface area contributed by atoms with Crippen molar-refractivity contribution in [2.45, 2.75) is 53.1 Å². The molecule has 21 heavy (non-hydrogen) atoms. The number of aromatic nitrogens is 3. The third-order valence-electron chi connectivity index (χ3n) is 3.03. The third-order valence-corrected chi connectivity index (χ3v) is 3.03. The topological polar surface area (TPSA) is 85.8 Å². The molecule has 1 aromatic rings. The third kappa shape index (κ3) is 6.63. The highest BCUT2D eigenvalue weighted by atomic mass is 35.5. The SMILES string of the molecule is CC(C)c1nncn1CCNC(=O)[C@@H](N)C(C)(C)C.Cl.Cl. The maximum Gasteiger partial charge on any atom is 0.237 e. The van der Waals surface area contributed by atoms with Crippen LogP contribution in [0.3, 0.4) is 0 Å². The first kappa shape index (κ1) is 22.4. The van der Waals surface area contributed by atoms with E-state index >= 15 is 0 Å². The Labute approximate surface area is 139 Å². The second-order valence-electron chi connectivity index (χ2n) is 6.17. The molecule has 0 saturated carbocycles. The highest BCUT2D eigenvalue weighted by molar-refractivity contribution is 5.85. The summed E-state index contributed by atoms with van der Waals surface area (Å²) in [5, 5.41) is 10.8.